The van der Waals surface area contributed by atoms with Crippen LogP contribution in [0.5, 0.6) is 11.5 Å². The van der Waals surface area contributed by atoms with Gasteiger partial charge in [0.1, 0.15) is 17.1 Å². The standard InChI is InChI=1S/C21H24BrNO3/c1-3-21(4-2)13-18(17-7-5-6-8-19(17)26-21)23-20(24)14-25-16-11-9-15(22)10-12-16/h5-12,18H,3-4,13-14H2,1-2H3,(H,23,24). The predicted octanol–water partition coefficient (Wildman–Crippen LogP) is 5.03. The zero-order valence-corrected chi connectivity index (χ0v) is 16.7. The minimum atomic E-state index is -0.237. The summed E-state index contributed by atoms with van der Waals surface area (Å²) in [7, 11) is 0. The Morgan fingerprint density at radius 2 is 1.88 bits per heavy atom. The van der Waals surface area contributed by atoms with Gasteiger partial charge in [-0.05, 0) is 43.2 Å². The van der Waals surface area contributed by atoms with E-state index in [0.29, 0.717) is 5.75 Å². The van der Waals surface area contributed by atoms with Gasteiger partial charge in [0.15, 0.2) is 6.61 Å². The van der Waals surface area contributed by atoms with Crippen LogP contribution in [0, 0.1) is 0 Å². The number of amides is 1. The molecule has 0 fully saturated rings. The largest absolute Gasteiger partial charge is 0.487 e. The van der Waals surface area contributed by atoms with E-state index in [1.54, 1.807) is 0 Å². The zero-order valence-electron chi connectivity index (χ0n) is 15.1. The predicted molar refractivity (Wildman–Crippen MR) is 106 cm³/mol. The lowest BCUT2D eigenvalue weighted by atomic mass is 9.83. The molecule has 0 spiro atoms. The number of rotatable bonds is 6. The topological polar surface area (TPSA) is 47.6 Å². The molecule has 0 saturated heterocycles. The van der Waals surface area contributed by atoms with Crippen molar-refractivity contribution >= 4 is 21.8 Å². The monoisotopic (exact) mass is 417 g/mol. The minimum absolute atomic E-state index is 0.00753. The van der Waals surface area contributed by atoms with Crippen LogP contribution in [0.25, 0.3) is 0 Å². The number of carbonyl (C=O) groups is 1. The molecule has 0 bridgehead atoms. The second-order valence-electron chi connectivity index (χ2n) is 6.60. The second-order valence-corrected chi connectivity index (χ2v) is 7.51. The molecule has 4 nitrogen and oxygen atoms in total. The quantitative estimate of drug-likeness (QED) is 0.716. The van der Waals surface area contributed by atoms with E-state index in [1.165, 1.54) is 0 Å². The molecule has 1 atom stereocenters. The van der Waals surface area contributed by atoms with E-state index >= 15 is 0 Å². The van der Waals surface area contributed by atoms with E-state index in [1.807, 2.05) is 48.5 Å². The van der Waals surface area contributed by atoms with Crippen LogP contribution in [0.3, 0.4) is 0 Å². The normalized spacial score (nSPS) is 17.7. The average molecular weight is 418 g/mol. The van der Waals surface area contributed by atoms with Gasteiger partial charge in [-0.25, -0.2) is 0 Å². The Kier molecular flexibility index (Phi) is 5.87. The first-order chi connectivity index (χ1) is 12.5. The highest BCUT2D eigenvalue weighted by atomic mass is 79.9. The van der Waals surface area contributed by atoms with Gasteiger partial charge >= 0.3 is 0 Å². The lowest BCUT2D eigenvalue weighted by Crippen LogP contribution is -2.45. The molecule has 5 heteroatoms. The molecule has 1 aliphatic rings. The van der Waals surface area contributed by atoms with Crippen molar-refractivity contribution in [1.82, 2.24) is 5.32 Å². The molecule has 138 valence electrons. The molecule has 1 amide bonds. The van der Waals surface area contributed by atoms with E-state index in [0.717, 1.165) is 35.0 Å². The summed E-state index contributed by atoms with van der Waals surface area (Å²) >= 11 is 3.38. The summed E-state index contributed by atoms with van der Waals surface area (Å²) in [5.74, 6) is 1.41. The molecule has 1 heterocycles. The van der Waals surface area contributed by atoms with E-state index in [4.69, 9.17) is 9.47 Å². The number of halogens is 1. The fourth-order valence-corrected chi connectivity index (χ4v) is 3.61. The maximum Gasteiger partial charge on any atom is 0.258 e. The molecular formula is C21H24BrNO3. The van der Waals surface area contributed by atoms with Crippen LogP contribution in [0.15, 0.2) is 53.0 Å². The number of fused-ring (bicyclic) bond motifs is 1. The highest BCUT2D eigenvalue weighted by Crippen LogP contribution is 2.42. The third-order valence-corrected chi connectivity index (χ3v) is 5.53. The van der Waals surface area contributed by atoms with Gasteiger partial charge in [-0.15, -0.1) is 0 Å². The Balaban J connectivity index is 1.69. The second kappa shape index (κ2) is 8.12. The molecular weight excluding hydrogens is 394 g/mol. The summed E-state index contributed by atoms with van der Waals surface area (Å²) in [5, 5.41) is 3.13. The van der Waals surface area contributed by atoms with Crippen molar-refractivity contribution in [2.75, 3.05) is 6.61 Å². The molecule has 0 radical (unpaired) electrons. The molecule has 1 aliphatic heterocycles. The smallest absolute Gasteiger partial charge is 0.258 e. The number of carbonyl (C=O) groups excluding carboxylic acids is 1. The van der Waals surface area contributed by atoms with Crippen LogP contribution in [0.2, 0.25) is 0 Å². The van der Waals surface area contributed by atoms with Gasteiger partial charge in [0.05, 0.1) is 6.04 Å². The lowest BCUT2D eigenvalue weighted by molar-refractivity contribution is -0.124. The first kappa shape index (κ1) is 18.8. The van der Waals surface area contributed by atoms with Gasteiger partial charge < -0.3 is 14.8 Å². The molecule has 2 aromatic carbocycles. The molecule has 0 saturated carbocycles. The zero-order chi connectivity index (χ0) is 18.6. The van der Waals surface area contributed by atoms with E-state index < -0.39 is 0 Å². The van der Waals surface area contributed by atoms with Gasteiger partial charge in [-0.3, -0.25) is 4.79 Å². The van der Waals surface area contributed by atoms with E-state index in [-0.39, 0.29) is 24.2 Å². The minimum Gasteiger partial charge on any atom is -0.487 e. The van der Waals surface area contributed by atoms with Crippen molar-refractivity contribution < 1.29 is 14.3 Å². The fraction of sp³-hybridized carbons (Fsp3) is 0.381. The first-order valence-electron chi connectivity index (χ1n) is 9.01. The summed E-state index contributed by atoms with van der Waals surface area (Å²) in [5.41, 5.74) is 0.792. The number of hydrogen-bond acceptors (Lipinski definition) is 3. The van der Waals surface area contributed by atoms with Gasteiger partial charge in [-0.1, -0.05) is 48.0 Å². The van der Waals surface area contributed by atoms with Crippen LogP contribution in [0.1, 0.15) is 44.7 Å². The Bertz CT molecular complexity index is 756. The lowest BCUT2D eigenvalue weighted by Gasteiger charge is -2.41. The van der Waals surface area contributed by atoms with Crippen molar-refractivity contribution in [1.29, 1.82) is 0 Å². The third kappa shape index (κ3) is 4.21. The van der Waals surface area contributed by atoms with Crippen molar-refractivity contribution in [2.24, 2.45) is 0 Å². The van der Waals surface area contributed by atoms with E-state index in [9.17, 15) is 4.79 Å². The van der Waals surface area contributed by atoms with Gasteiger partial charge in [0.2, 0.25) is 0 Å². The summed E-state index contributed by atoms with van der Waals surface area (Å²) < 4.78 is 12.9. The van der Waals surface area contributed by atoms with Crippen molar-refractivity contribution in [2.45, 2.75) is 44.8 Å². The van der Waals surface area contributed by atoms with Crippen LogP contribution in [0.4, 0.5) is 0 Å². The summed E-state index contributed by atoms with van der Waals surface area (Å²) in [6.07, 6.45) is 2.57. The van der Waals surface area contributed by atoms with Gasteiger partial charge in [0.25, 0.3) is 5.91 Å². The van der Waals surface area contributed by atoms with Crippen LogP contribution in [-0.4, -0.2) is 18.1 Å². The highest BCUT2D eigenvalue weighted by Gasteiger charge is 2.38. The SMILES string of the molecule is CCC1(CC)CC(NC(=O)COc2ccc(Br)cc2)c2ccccc2O1. The summed E-state index contributed by atoms with van der Waals surface area (Å²) in [4.78, 5) is 12.5. The van der Waals surface area contributed by atoms with Gasteiger partial charge in [0, 0.05) is 16.5 Å². The molecule has 0 aliphatic carbocycles. The maximum atomic E-state index is 12.5. The fourth-order valence-electron chi connectivity index (χ4n) is 3.35. The van der Waals surface area contributed by atoms with Gasteiger partial charge in [-0.2, -0.15) is 0 Å². The summed E-state index contributed by atoms with van der Waals surface area (Å²) in [6, 6.07) is 15.3. The number of benzene rings is 2. The van der Waals surface area contributed by atoms with Crippen LogP contribution >= 0.6 is 15.9 Å². The van der Waals surface area contributed by atoms with E-state index in [2.05, 4.69) is 35.1 Å². The van der Waals surface area contributed by atoms with Crippen LogP contribution in [-0.2, 0) is 4.79 Å². The number of nitrogens with one attached hydrogen (secondary N) is 1. The first-order valence-corrected chi connectivity index (χ1v) is 9.80. The number of hydrogen-bond donors (Lipinski definition) is 1. The van der Waals surface area contributed by atoms with Crippen molar-refractivity contribution in [3.05, 3.63) is 58.6 Å². The Morgan fingerprint density at radius 3 is 2.58 bits per heavy atom. The molecule has 3 rings (SSSR count). The van der Waals surface area contributed by atoms with Crippen LogP contribution < -0.4 is 14.8 Å². The highest BCUT2D eigenvalue weighted by molar-refractivity contribution is 9.10. The number of para-hydroxylation sites is 1. The molecule has 2 aromatic rings. The van der Waals surface area contributed by atoms with Crippen molar-refractivity contribution in [3.63, 3.8) is 0 Å². The molecule has 1 N–H and O–H groups in total. The number of ether oxygens (including phenoxy) is 2. The molecule has 26 heavy (non-hydrogen) atoms. The molecule has 0 aromatic heterocycles. The average Bonchev–Trinajstić information content (AvgIpc) is 2.67. The molecule has 1 unspecified atom stereocenters. The third-order valence-electron chi connectivity index (χ3n) is 5.00. The maximum absolute atomic E-state index is 12.5. The Labute approximate surface area is 163 Å². The summed E-state index contributed by atoms with van der Waals surface area (Å²) in [6.45, 7) is 4.26. The Hall–Kier alpha value is -2.01. The Morgan fingerprint density at radius 1 is 1.19 bits per heavy atom. The van der Waals surface area contributed by atoms with Crippen molar-refractivity contribution in [3.8, 4) is 11.5 Å².